The molecule has 1 aromatic carbocycles. The maximum atomic E-state index is 12.9. The van der Waals surface area contributed by atoms with Crippen LogP contribution >= 0.6 is 12.4 Å². The fourth-order valence-electron chi connectivity index (χ4n) is 3.37. The zero-order valence-electron chi connectivity index (χ0n) is 13.8. The summed E-state index contributed by atoms with van der Waals surface area (Å²) in [6.45, 7) is 3.31. The van der Waals surface area contributed by atoms with Crippen LogP contribution in [0.1, 0.15) is 38.2 Å². The Morgan fingerprint density at radius 3 is 2.67 bits per heavy atom. The number of halogens is 1. The van der Waals surface area contributed by atoms with Crippen molar-refractivity contribution >= 4 is 24.0 Å². The molecule has 1 saturated carbocycles. The number of nitrogens with zero attached hydrogens (tertiary/aromatic N) is 2. The van der Waals surface area contributed by atoms with Crippen LogP contribution in [0.3, 0.4) is 0 Å². The van der Waals surface area contributed by atoms with Gasteiger partial charge in [-0.05, 0) is 39.2 Å². The minimum Gasteiger partial charge on any atom is -0.335 e. The summed E-state index contributed by atoms with van der Waals surface area (Å²) in [4.78, 5) is 25.7. The first-order chi connectivity index (χ1) is 11.1. The Labute approximate surface area is 148 Å². The molecule has 1 aromatic rings. The molecule has 132 valence electrons. The van der Waals surface area contributed by atoms with Crippen LogP contribution in [0.5, 0.6) is 0 Å². The highest BCUT2D eigenvalue weighted by atomic mass is 35.5. The van der Waals surface area contributed by atoms with Gasteiger partial charge in [-0.1, -0.05) is 18.2 Å². The van der Waals surface area contributed by atoms with E-state index in [4.69, 9.17) is 0 Å². The molecule has 1 heterocycles. The van der Waals surface area contributed by atoms with Gasteiger partial charge in [-0.25, -0.2) is 0 Å². The van der Waals surface area contributed by atoms with Gasteiger partial charge in [0.25, 0.3) is 5.69 Å². The van der Waals surface area contributed by atoms with Crippen molar-refractivity contribution in [2.75, 3.05) is 6.54 Å². The third kappa shape index (κ3) is 4.24. The number of para-hydroxylation sites is 1. The molecule has 3 rings (SSSR count). The molecule has 1 N–H and O–H groups in total. The van der Waals surface area contributed by atoms with Gasteiger partial charge in [-0.2, -0.15) is 0 Å². The van der Waals surface area contributed by atoms with Gasteiger partial charge in [0, 0.05) is 29.6 Å². The second kappa shape index (κ2) is 7.94. The molecule has 7 heteroatoms. The average Bonchev–Trinajstić information content (AvgIpc) is 3.37. The number of rotatable bonds is 5. The minimum atomic E-state index is -0.364. The smallest absolute Gasteiger partial charge is 0.274 e. The number of hydrogen-bond acceptors (Lipinski definition) is 4. The highest BCUT2D eigenvalue weighted by Crippen LogP contribution is 2.33. The fourth-order valence-corrected chi connectivity index (χ4v) is 3.37. The molecule has 2 aliphatic rings. The summed E-state index contributed by atoms with van der Waals surface area (Å²) in [5.41, 5.74) is 0.726. The minimum absolute atomic E-state index is 0. The highest BCUT2D eigenvalue weighted by Gasteiger charge is 2.37. The van der Waals surface area contributed by atoms with Gasteiger partial charge in [-0.3, -0.25) is 14.9 Å². The van der Waals surface area contributed by atoms with E-state index in [0.717, 1.165) is 32.2 Å². The van der Waals surface area contributed by atoms with Crippen LogP contribution in [-0.4, -0.2) is 34.4 Å². The standard InChI is InChI=1S/C17H23N3O3.ClH/c1-12-10-13(8-9-18-12)17(21)19(15-6-7-15)11-14-4-2-3-5-16(14)20(22)23;/h2-5,12-13,15,18H,6-11H2,1H3;1H/t12-,13-;/m0./s1. The lowest BCUT2D eigenvalue weighted by Crippen LogP contribution is -2.44. The molecule has 0 spiro atoms. The van der Waals surface area contributed by atoms with Crippen molar-refractivity contribution in [2.24, 2.45) is 5.92 Å². The Hall–Kier alpha value is -1.66. The molecule has 1 aliphatic heterocycles. The zero-order valence-corrected chi connectivity index (χ0v) is 14.6. The largest absolute Gasteiger partial charge is 0.335 e. The summed E-state index contributed by atoms with van der Waals surface area (Å²) in [7, 11) is 0. The van der Waals surface area contributed by atoms with Crippen molar-refractivity contribution in [1.82, 2.24) is 10.2 Å². The van der Waals surface area contributed by atoms with Crippen molar-refractivity contribution in [3.63, 3.8) is 0 Å². The van der Waals surface area contributed by atoms with E-state index < -0.39 is 0 Å². The van der Waals surface area contributed by atoms with Gasteiger partial charge in [-0.15, -0.1) is 12.4 Å². The monoisotopic (exact) mass is 353 g/mol. The molecule has 1 aliphatic carbocycles. The molecule has 0 radical (unpaired) electrons. The van der Waals surface area contributed by atoms with E-state index in [1.165, 1.54) is 6.07 Å². The SMILES string of the molecule is C[C@H]1C[C@@H](C(=O)N(Cc2ccccc2[N+](=O)[O-])C2CC2)CCN1.Cl. The second-order valence-corrected chi connectivity index (χ2v) is 6.66. The second-order valence-electron chi connectivity index (χ2n) is 6.66. The topological polar surface area (TPSA) is 75.5 Å². The van der Waals surface area contributed by atoms with E-state index in [0.29, 0.717) is 18.2 Å². The predicted octanol–water partition coefficient (Wildman–Crippen LogP) is 2.90. The zero-order chi connectivity index (χ0) is 16.4. The van der Waals surface area contributed by atoms with E-state index in [-0.39, 0.29) is 40.9 Å². The van der Waals surface area contributed by atoms with Gasteiger partial charge in [0.15, 0.2) is 0 Å². The van der Waals surface area contributed by atoms with Crippen LogP contribution in [0.25, 0.3) is 0 Å². The molecular formula is C17H24ClN3O3. The molecule has 1 amide bonds. The van der Waals surface area contributed by atoms with Crippen molar-refractivity contribution in [2.45, 2.75) is 51.2 Å². The number of nitro benzene ring substituents is 1. The van der Waals surface area contributed by atoms with Crippen molar-refractivity contribution < 1.29 is 9.72 Å². The lowest BCUT2D eigenvalue weighted by atomic mass is 9.91. The van der Waals surface area contributed by atoms with Crippen LogP contribution in [0.15, 0.2) is 24.3 Å². The maximum absolute atomic E-state index is 12.9. The quantitative estimate of drug-likeness (QED) is 0.652. The molecule has 2 atom stereocenters. The number of carbonyl (C=O) groups is 1. The predicted molar refractivity (Wildman–Crippen MR) is 94.1 cm³/mol. The van der Waals surface area contributed by atoms with Gasteiger partial charge in [0.1, 0.15) is 0 Å². The number of amides is 1. The molecule has 6 nitrogen and oxygen atoms in total. The molecular weight excluding hydrogens is 330 g/mol. The number of carbonyl (C=O) groups excluding carboxylic acids is 1. The Balaban J connectivity index is 0.00000208. The summed E-state index contributed by atoms with van der Waals surface area (Å²) in [6.07, 6.45) is 3.71. The number of hydrogen-bond donors (Lipinski definition) is 1. The fraction of sp³-hybridized carbons (Fsp3) is 0.588. The Bertz CT molecular complexity index is 606. The Morgan fingerprint density at radius 2 is 2.04 bits per heavy atom. The van der Waals surface area contributed by atoms with Gasteiger partial charge in [0.05, 0.1) is 11.5 Å². The normalized spacial score (nSPS) is 23.2. The molecule has 0 unspecified atom stereocenters. The average molecular weight is 354 g/mol. The molecule has 0 aromatic heterocycles. The van der Waals surface area contributed by atoms with Gasteiger partial charge >= 0.3 is 0 Å². The number of nitrogens with one attached hydrogen (secondary N) is 1. The van der Waals surface area contributed by atoms with Gasteiger partial charge < -0.3 is 10.2 Å². The highest BCUT2D eigenvalue weighted by molar-refractivity contribution is 5.85. The Morgan fingerprint density at radius 1 is 1.33 bits per heavy atom. The van der Waals surface area contributed by atoms with Crippen LogP contribution in [0.2, 0.25) is 0 Å². The van der Waals surface area contributed by atoms with E-state index in [2.05, 4.69) is 12.2 Å². The number of nitro groups is 1. The van der Waals surface area contributed by atoms with E-state index >= 15 is 0 Å². The lowest BCUT2D eigenvalue weighted by Gasteiger charge is -2.32. The van der Waals surface area contributed by atoms with Crippen molar-refractivity contribution in [1.29, 1.82) is 0 Å². The summed E-state index contributed by atoms with van der Waals surface area (Å²) in [6, 6.07) is 7.34. The third-order valence-corrected chi connectivity index (χ3v) is 4.77. The van der Waals surface area contributed by atoms with Crippen LogP contribution in [0.4, 0.5) is 5.69 Å². The summed E-state index contributed by atoms with van der Waals surface area (Å²) in [5, 5.41) is 14.6. The Kier molecular flexibility index (Phi) is 6.18. The first kappa shape index (κ1) is 18.7. The first-order valence-electron chi connectivity index (χ1n) is 8.32. The summed E-state index contributed by atoms with van der Waals surface area (Å²) >= 11 is 0. The summed E-state index contributed by atoms with van der Waals surface area (Å²) in [5.74, 6) is 0.202. The van der Waals surface area contributed by atoms with E-state index in [1.54, 1.807) is 18.2 Å². The molecule has 1 saturated heterocycles. The first-order valence-corrected chi connectivity index (χ1v) is 8.32. The van der Waals surface area contributed by atoms with E-state index in [1.807, 2.05) is 4.90 Å². The number of piperidine rings is 1. The summed E-state index contributed by atoms with van der Waals surface area (Å²) < 4.78 is 0. The van der Waals surface area contributed by atoms with E-state index in [9.17, 15) is 14.9 Å². The molecule has 24 heavy (non-hydrogen) atoms. The number of benzene rings is 1. The molecule has 0 bridgehead atoms. The lowest BCUT2D eigenvalue weighted by molar-refractivity contribution is -0.385. The van der Waals surface area contributed by atoms with Crippen molar-refractivity contribution in [3.8, 4) is 0 Å². The van der Waals surface area contributed by atoms with Crippen molar-refractivity contribution in [3.05, 3.63) is 39.9 Å². The van der Waals surface area contributed by atoms with Crippen LogP contribution < -0.4 is 5.32 Å². The maximum Gasteiger partial charge on any atom is 0.274 e. The van der Waals surface area contributed by atoms with Crippen LogP contribution in [-0.2, 0) is 11.3 Å². The van der Waals surface area contributed by atoms with Gasteiger partial charge in [0.2, 0.25) is 5.91 Å². The third-order valence-electron chi connectivity index (χ3n) is 4.77. The van der Waals surface area contributed by atoms with Crippen LogP contribution in [0, 0.1) is 16.0 Å². The molecule has 2 fully saturated rings.